The molecule has 4 aromatic rings. The number of carbonyl (C=O) groups excluding carboxylic acids is 2. The average Bonchev–Trinajstić information content (AvgIpc) is 3.22. The summed E-state index contributed by atoms with van der Waals surface area (Å²) in [5.74, 6) is -1.13. The minimum absolute atomic E-state index is 0.157. The molecule has 0 radical (unpaired) electrons. The maximum absolute atomic E-state index is 12.6. The van der Waals surface area contributed by atoms with Crippen LogP contribution < -0.4 is 16.4 Å². The van der Waals surface area contributed by atoms with Gasteiger partial charge < -0.3 is 31.0 Å². The smallest absolute Gasteiger partial charge is 0.361 e. The van der Waals surface area contributed by atoms with Gasteiger partial charge in [-0.3, -0.25) is 14.2 Å². The van der Waals surface area contributed by atoms with Crippen LogP contribution >= 0.6 is 27.5 Å². The lowest BCUT2D eigenvalue weighted by Crippen LogP contribution is -2.39. The van der Waals surface area contributed by atoms with E-state index in [0.29, 0.717) is 34.0 Å². The van der Waals surface area contributed by atoms with Gasteiger partial charge in [-0.05, 0) is 56.2 Å². The number of rotatable bonds is 10. The third kappa shape index (κ3) is 7.00. The highest BCUT2D eigenvalue weighted by atomic mass is 79.9. The molecule has 3 aromatic heterocycles. The number of nitrogens with zero attached hydrogens (tertiary/aromatic N) is 7. The molecule has 0 aliphatic rings. The summed E-state index contributed by atoms with van der Waals surface area (Å²) in [4.78, 5) is 51.6. The van der Waals surface area contributed by atoms with E-state index in [2.05, 4.69) is 46.5 Å². The van der Waals surface area contributed by atoms with Crippen LogP contribution in [-0.2, 0) is 18.4 Å². The molecule has 16 heteroatoms. The summed E-state index contributed by atoms with van der Waals surface area (Å²) < 4.78 is 2.31. The lowest BCUT2D eigenvalue weighted by Gasteiger charge is -2.28. The number of aromatic nitrogens is 5. The van der Waals surface area contributed by atoms with E-state index in [0.717, 1.165) is 4.47 Å². The van der Waals surface area contributed by atoms with E-state index in [4.69, 9.17) is 17.3 Å². The van der Waals surface area contributed by atoms with Crippen LogP contribution in [0.5, 0.6) is 0 Å². The largest absolute Gasteiger partial charge is 0.391 e. The topological polar surface area (TPSA) is 184 Å². The van der Waals surface area contributed by atoms with Crippen LogP contribution in [-0.4, -0.2) is 66.4 Å². The quantitative estimate of drug-likeness (QED) is 0.100. The van der Waals surface area contributed by atoms with Gasteiger partial charge in [0.1, 0.15) is 24.5 Å². The number of likely N-dealkylation sites (N-methyl/N-ethyl adjacent to an activating group) is 1. The average molecular weight is 645 g/mol. The van der Waals surface area contributed by atoms with Crippen LogP contribution in [0, 0.1) is 10.1 Å². The summed E-state index contributed by atoms with van der Waals surface area (Å²) in [6, 6.07) is 7.05. The van der Waals surface area contributed by atoms with Gasteiger partial charge >= 0.3 is 17.5 Å². The Kier molecular flexibility index (Phi) is 8.60. The molecule has 0 saturated heterocycles. The van der Waals surface area contributed by atoms with Crippen molar-refractivity contribution >= 4 is 73.4 Å². The molecule has 0 unspecified atom stereocenters. The number of halogens is 2. The van der Waals surface area contributed by atoms with Gasteiger partial charge in [-0.1, -0.05) is 11.6 Å². The van der Waals surface area contributed by atoms with E-state index in [1.54, 1.807) is 18.2 Å². The summed E-state index contributed by atoms with van der Waals surface area (Å²) in [6.07, 6.45) is 5.92. The molecule has 0 spiro atoms. The van der Waals surface area contributed by atoms with Crippen LogP contribution in [0.1, 0.15) is 16.3 Å². The maximum Gasteiger partial charge on any atom is 0.391 e. The zero-order valence-corrected chi connectivity index (χ0v) is 24.5. The molecule has 14 nitrogen and oxygen atoms in total. The second-order valence-corrected chi connectivity index (χ2v) is 10.9. The number of quaternary nitrogens is 1. The van der Waals surface area contributed by atoms with Crippen molar-refractivity contribution in [3.05, 3.63) is 80.1 Å². The Morgan fingerprint density at radius 3 is 2.68 bits per heavy atom. The Morgan fingerprint density at radius 1 is 1.24 bits per heavy atom. The Morgan fingerprint density at radius 2 is 2.00 bits per heavy atom. The fourth-order valence-electron chi connectivity index (χ4n) is 3.98. The summed E-state index contributed by atoms with van der Waals surface area (Å²) >= 11 is 9.56. The first kappa shape index (κ1) is 29.5. The number of nitrogens with two attached hydrogens (primary N) is 1. The summed E-state index contributed by atoms with van der Waals surface area (Å²) in [5, 5.41) is 18.6. The third-order valence-corrected chi connectivity index (χ3v) is 7.22. The Bertz CT molecular complexity index is 1710. The molecule has 0 aliphatic carbocycles. The number of benzene rings is 1. The number of hydrogen-bond donors (Lipinski definition) is 3. The van der Waals surface area contributed by atoms with Gasteiger partial charge in [0.2, 0.25) is 5.91 Å². The number of imidazole rings is 1. The molecule has 41 heavy (non-hydrogen) atoms. The van der Waals surface area contributed by atoms with Crippen molar-refractivity contribution in [2.24, 2.45) is 12.8 Å². The predicted octanol–water partition coefficient (Wildman–Crippen LogP) is 3.70. The van der Waals surface area contributed by atoms with Gasteiger partial charge in [-0.15, -0.1) is 0 Å². The summed E-state index contributed by atoms with van der Waals surface area (Å²) in [7, 11) is 5.14. The minimum Gasteiger partial charge on any atom is -0.361 e. The van der Waals surface area contributed by atoms with Gasteiger partial charge in [-0.2, -0.15) is 0 Å². The molecule has 2 amide bonds. The molecule has 4 rings (SSSR count). The van der Waals surface area contributed by atoms with E-state index >= 15 is 0 Å². The summed E-state index contributed by atoms with van der Waals surface area (Å²) in [5.41, 5.74) is 6.82. The van der Waals surface area contributed by atoms with Crippen molar-refractivity contribution in [1.82, 2.24) is 24.5 Å². The maximum atomic E-state index is 12.6. The minimum atomic E-state index is -0.863. The number of amides is 2. The second kappa shape index (κ2) is 12.0. The first-order valence-electron chi connectivity index (χ1n) is 12.0. The van der Waals surface area contributed by atoms with Crippen LogP contribution in [0.15, 0.2) is 53.4 Å². The van der Waals surface area contributed by atoms with E-state index < -0.39 is 22.6 Å². The first-order chi connectivity index (χ1) is 19.3. The number of hydrogen-bond acceptors (Lipinski definition) is 9. The van der Waals surface area contributed by atoms with Crippen LogP contribution in [0.3, 0.4) is 0 Å². The van der Waals surface area contributed by atoms with E-state index in [9.17, 15) is 19.7 Å². The molecule has 0 fully saturated rings. The van der Waals surface area contributed by atoms with Crippen LogP contribution in [0.4, 0.5) is 23.1 Å². The number of primary amides is 1. The zero-order chi connectivity index (χ0) is 29.9. The summed E-state index contributed by atoms with van der Waals surface area (Å²) in [6.45, 7) is 0.495. The van der Waals surface area contributed by atoms with Gasteiger partial charge in [0.25, 0.3) is 0 Å². The van der Waals surface area contributed by atoms with Crippen molar-refractivity contribution < 1.29 is 19.0 Å². The second-order valence-electron chi connectivity index (χ2n) is 9.62. The van der Waals surface area contributed by atoms with Crippen molar-refractivity contribution in [3.8, 4) is 0 Å². The highest BCUT2D eigenvalue weighted by Gasteiger charge is 2.32. The predicted molar refractivity (Wildman–Crippen MR) is 157 cm³/mol. The SMILES string of the molecule is Cn1c(C(N)=O)nc([N+](=O)[O-])c1C[N+](C)(C)C/C=C/C(=O)Nc1cc2c(Nc3ccc(Br)c(Cl)c3)ncnc2cn1. The molecule has 3 heterocycles. The van der Waals surface area contributed by atoms with Gasteiger partial charge in [0.05, 0.1) is 37.4 Å². The molecule has 0 atom stereocenters. The highest BCUT2D eigenvalue weighted by Crippen LogP contribution is 2.29. The lowest BCUT2D eigenvalue weighted by molar-refractivity contribution is -0.898. The zero-order valence-electron chi connectivity index (χ0n) is 22.1. The van der Waals surface area contributed by atoms with Gasteiger partial charge in [0, 0.05) is 28.7 Å². The van der Waals surface area contributed by atoms with Crippen molar-refractivity contribution in [3.63, 3.8) is 0 Å². The molecule has 0 bridgehead atoms. The fourth-order valence-corrected chi connectivity index (χ4v) is 4.41. The molecular formula is C25H25BrClN10O4+. The van der Waals surface area contributed by atoms with Crippen LogP contribution in [0.2, 0.25) is 5.02 Å². The number of nitro groups is 1. The van der Waals surface area contributed by atoms with Crippen molar-refractivity contribution in [2.45, 2.75) is 6.54 Å². The number of fused-ring (bicyclic) bond motifs is 1. The molecule has 212 valence electrons. The van der Waals surface area contributed by atoms with Crippen LogP contribution in [0.25, 0.3) is 10.9 Å². The number of pyridine rings is 1. The number of nitrogens with one attached hydrogen (secondary N) is 2. The molecular weight excluding hydrogens is 620 g/mol. The Hall–Kier alpha value is -4.47. The first-order valence-corrected chi connectivity index (χ1v) is 13.1. The molecule has 0 saturated carbocycles. The monoisotopic (exact) mass is 643 g/mol. The van der Waals surface area contributed by atoms with E-state index in [1.165, 1.54) is 30.2 Å². The Labute approximate surface area is 247 Å². The lowest BCUT2D eigenvalue weighted by atomic mass is 10.2. The van der Waals surface area contributed by atoms with E-state index in [-0.39, 0.29) is 28.4 Å². The van der Waals surface area contributed by atoms with Gasteiger partial charge in [0.15, 0.2) is 5.69 Å². The fraction of sp³-hybridized carbons (Fsp3) is 0.200. The third-order valence-electron chi connectivity index (χ3n) is 5.99. The van der Waals surface area contributed by atoms with Gasteiger partial charge in [-0.25, -0.2) is 15.0 Å². The molecule has 0 aliphatic heterocycles. The normalized spacial score (nSPS) is 11.6. The number of anilines is 3. The highest BCUT2D eigenvalue weighted by molar-refractivity contribution is 9.10. The van der Waals surface area contributed by atoms with Crippen molar-refractivity contribution in [2.75, 3.05) is 31.3 Å². The Balaban J connectivity index is 1.45. The number of carbonyl (C=O) groups is 2. The molecule has 1 aromatic carbocycles. The van der Waals surface area contributed by atoms with Crippen molar-refractivity contribution in [1.29, 1.82) is 0 Å². The molecule has 4 N–H and O–H groups in total. The standard InChI is InChI=1S/C25H24BrClN10O4/c1-35-19(24(36(40)41)34-25(35)22(28)39)12-37(2,3)8-4-5-21(38)33-20-10-15-18(11-29-20)30-13-31-23(15)32-14-6-7-16(26)17(27)9-14/h4-7,9-11,13H,8,12H2,1-3H3,(H3-,28,29,30,31,32,33,34,38,39)/p+1/b5-4+. The van der Waals surface area contributed by atoms with E-state index in [1.807, 2.05) is 26.2 Å².